The van der Waals surface area contributed by atoms with Crippen LogP contribution in [0.3, 0.4) is 0 Å². The van der Waals surface area contributed by atoms with Gasteiger partial charge in [-0.1, -0.05) is 32.0 Å². The van der Waals surface area contributed by atoms with Crippen LogP contribution in [0.4, 0.5) is 0 Å². The molecule has 0 fully saturated rings. The minimum absolute atomic E-state index is 0.0489. The Morgan fingerprint density at radius 1 is 1.30 bits per heavy atom. The summed E-state index contributed by atoms with van der Waals surface area (Å²) in [6.07, 6.45) is 0.820. The first-order chi connectivity index (χ1) is 9.40. The lowest BCUT2D eigenvalue weighted by Crippen LogP contribution is -2.17. The summed E-state index contributed by atoms with van der Waals surface area (Å²) in [5.41, 5.74) is 4.21. The van der Waals surface area contributed by atoms with Gasteiger partial charge >= 0.3 is 0 Å². The summed E-state index contributed by atoms with van der Waals surface area (Å²) < 4.78 is 0.699. The zero-order valence-corrected chi connectivity index (χ0v) is 14.4. The Morgan fingerprint density at radius 2 is 2.00 bits per heavy atom. The van der Waals surface area contributed by atoms with Gasteiger partial charge in [-0.15, -0.1) is 0 Å². The molecule has 2 rings (SSSR count). The van der Waals surface area contributed by atoms with Crippen molar-refractivity contribution in [3.8, 4) is 11.4 Å². The predicted molar refractivity (Wildman–Crippen MR) is 91.0 cm³/mol. The molecule has 106 valence electrons. The number of benzene rings is 1. The maximum atomic E-state index is 12.1. The Hall–Kier alpha value is -1.17. The zero-order valence-electron chi connectivity index (χ0n) is 12.2. The van der Waals surface area contributed by atoms with Gasteiger partial charge in [-0.3, -0.25) is 4.79 Å². The molecule has 0 saturated heterocycles. The molecule has 0 unspecified atom stereocenters. The number of nitrogens with zero attached hydrogens (tertiary/aromatic N) is 1. The molecule has 0 radical (unpaired) electrons. The highest BCUT2D eigenvalue weighted by molar-refractivity contribution is 14.1. The van der Waals surface area contributed by atoms with Gasteiger partial charge in [0.2, 0.25) is 0 Å². The van der Waals surface area contributed by atoms with Crippen molar-refractivity contribution >= 4 is 22.6 Å². The summed E-state index contributed by atoms with van der Waals surface area (Å²) in [6, 6.07) is 6.07. The third-order valence-corrected chi connectivity index (χ3v) is 4.51. The Labute approximate surface area is 133 Å². The number of rotatable bonds is 3. The molecule has 4 heteroatoms. The van der Waals surface area contributed by atoms with Crippen molar-refractivity contribution in [1.29, 1.82) is 0 Å². The van der Waals surface area contributed by atoms with Crippen molar-refractivity contribution in [3.63, 3.8) is 0 Å². The summed E-state index contributed by atoms with van der Waals surface area (Å²) in [5, 5.41) is 0. The van der Waals surface area contributed by atoms with E-state index in [2.05, 4.69) is 66.3 Å². The second-order valence-corrected chi connectivity index (χ2v) is 6.60. The molecule has 3 nitrogen and oxygen atoms in total. The van der Waals surface area contributed by atoms with Crippen LogP contribution in [0.5, 0.6) is 0 Å². The van der Waals surface area contributed by atoms with Gasteiger partial charge in [-0.2, -0.15) is 0 Å². The Bertz CT molecular complexity index is 689. The van der Waals surface area contributed by atoms with Crippen LogP contribution in [0.25, 0.3) is 11.4 Å². The standard InChI is InChI=1S/C16H19IN2O/c1-9(2)8-13-14(17)16(20)19-15(18-13)12-7-5-6-10(3)11(12)4/h5-7,9H,8H2,1-4H3,(H,18,19,20). The van der Waals surface area contributed by atoms with Crippen LogP contribution in [-0.4, -0.2) is 9.97 Å². The zero-order chi connectivity index (χ0) is 14.9. The van der Waals surface area contributed by atoms with Gasteiger partial charge in [0.05, 0.1) is 9.26 Å². The van der Waals surface area contributed by atoms with Gasteiger partial charge in [0.1, 0.15) is 5.82 Å². The van der Waals surface area contributed by atoms with E-state index in [1.54, 1.807) is 0 Å². The monoisotopic (exact) mass is 382 g/mol. The van der Waals surface area contributed by atoms with Crippen LogP contribution in [0.2, 0.25) is 0 Å². The Balaban J connectivity index is 2.61. The number of aromatic nitrogens is 2. The van der Waals surface area contributed by atoms with Crippen molar-refractivity contribution in [2.75, 3.05) is 0 Å². The fraction of sp³-hybridized carbons (Fsp3) is 0.375. The molecule has 0 bridgehead atoms. The lowest BCUT2D eigenvalue weighted by atomic mass is 10.0. The first-order valence-electron chi connectivity index (χ1n) is 6.75. The normalized spacial score (nSPS) is 11.1. The minimum atomic E-state index is -0.0489. The molecule has 0 saturated carbocycles. The maximum Gasteiger partial charge on any atom is 0.264 e. The minimum Gasteiger partial charge on any atom is -0.306 e. The lowest BCUT2D eigenvalue weighted by Gasteiger charge is -2.11. The van der Waals surface area contributed by atoms with Gasteiger partial charge in [-0.05, 0) is 59.9 Å². The third-order valence-electron chi connectivity index (χ3n) is 3.39. The van der Waals surface area contributed by atoms with Gasteiger partial charge in [0, 0.05) is 5.56 Å². The van der Waals surface area contributed by atoms with Crippen molar-refractivity contribution < 1.29 is 0 Å². The fourth-order valence-electron chi connectivity index (χ4n) is 2.16. The van der Waals surface area contributed by atoms with Crippen molar-refractivity contribution in [2.24, 2.45) is 5.92 Å². The number of aryl methyl sites for hydroxylation is 1. The molecule has 20 heavy (non-hydrogen) atoms. The SMILES string of the molecule is Cc1cccc(-c2nc(CC(C)C)c(I)c(=O)[nH]2)c1C. The molecule has 1 N–H and O–H groups in total. The highest BCUT2D eigenvalue weighted by Crippen LogP contribution is 2.23. The number of nitrogens with one attached hydrogen (secondary N) is 1. The third kappa shape index (κ3) is 3.11. The van der Waals surface area contributed by atoms with E-state index in [-0.39, 0.29) is 5.56 Å². The maximum absolute atomic E-state index is 12.1. The average molecular weight is 382 g/mol. The fourth-order valence-corrected chi connectivity index (χ4v) is 2.64. The molecular weight excluding hydrogens is 363 g/mol. The molecular formula is C16H19IN2O. The number of halogens is 1. The Morgan fingerprint density at radius 3 is 2.65 bits per heavy atom. The van der Waals surface area contributed by atoms with E-state index in [0.717, 1.165) is 23.2 Å². The molecule has 0 amide bonds. The predicted octanol–water partition coefficient (Wildman–Crippen LogP) is 3.86. The Kier molecular flexibility index (Phi) is 4.62. The van der Waals surface area contributed by atoms with Crippen molar-refractivity contribution in [1.82, 2.24) is 9.97 Å². The number of hydrogen-bond acceptors (Lipinski definition) is 2. The van der Waals surface area contributed by atoms with E-state index >= 15 is 0 Å². The molecule has 0 aliphatic carbocycles. The van der Waals surface area contributed by atoms with Gasteiger partial charge in [-0.25, -0.2) is 4.98 Å². The number of hydrogen-bond donors (Lipinski definition) is 1. The second kappa shape index (κ2) is 6.08. The first kappa shape index (κ1) is 15.2. The topological polar surface area (TPSA) is 45.8 Å². The lowest BCUT2D eigenvalue weighted by molar-refractivity contribution is 0.631. The van der Waals surface area contributed by atoms with Crippen LogP contribution in [-0.2, 0) is 6.42 Å². The number of aromatic amines is 1. The smallest absolute Gasteiger partial charge is 0.264 e. The van der Waals surface area contributed by atoms with Crippen LogP contribution < -0.4 is 5.56 Å². The summed E-state index contributed by atoms with van der Waals surface area (Å²) in [5.74, 6) is 1.15. The summed E-state index contributed by atoms with van der Waals surface area (Å²) >= 11 is 2.08. The van der Waals surface area contributed by atoms with E-state index < -0.39 is 0 Å². The van der Waals surface area contributed by atoms with Crippen LogP contribution >= 0.6 is 22.6 Å². The van der Waals surface area contributed by atoms with Crippen LogP contribution in [0, 0.1) is 23.3 Å². The van der Waals surface area contributed by atoms with E-state index in [9.17, 15) is 4.79 Å². The summed E-state index contributed by atoms with van der Waals surface area (Å²) in [6.45, 7) is 8.40. The summed E-state index contributed by atoms with van der Waals surface area (Å²) in [4.78, 5) is 19.7. The van der Waals surface area contributed by atoms with Crippen molar-refractivity contribution in [2.45, 2.75) is 34.1 Å². The average Bonchev–Trinajstić information content (AvgIpc) is 2.37. The van der Waals surface area contributed by atoms with Crippen molar-refractivity contribution in [3.05, 3.63) is 48.9 Å². The van der Waals surface area contributed by atoms with Gasteiger partial charge < -0.3 is 4.98 Å². The van der Waals surface area contributed by atoms with E-state index in [1.807, 2.05) is 12.1 Å². The highest BCUT2D eigenvalue weighted by atomic mass is 127. The van der Waals surface area contributed by atoms with Crippen LogP contribution in [0.1, 0.15) is 30.7 Å². The highest BCUT2D eigenvalue weighted by Gasteiger charge is 2.13. The number of H-pyrrole nitrogens is 1. The van der Waals surface area contributed by atoms with Gasteiger partial charge in [0.25, 0.3) is 5.56 Å². The van der Waals surface area contributed by atoms with Crippen LogP contribution in [0.15, 0.2) is 23.0 Å². The second-order valence-electron chi connectivity index (χ2n) is 5.52. The molecule has 0 atom stereocenters. The largest absolute Gasteiger partial charge is 0.306 e. The quantitative estimate of drug-likeness (QED) is 0.820. The molecule has 2 aromatic rings. The molecule has 1 aromatic carbocycles. The van der Waals surface area contributed by atoms with E-state index in [0.29, 0.717) is 15.3 Å². The van der Waals surface area contributed by atoms with Gasteiger partial charge in [0.15, 0.2) is 0 Å². The molecule has 0 spiro atoms. The summed E-state index contributed by atoms with van der Waals surface area (Å²) in [7, 11) is 0. The molecule has 0 aliphatic rings. The first-order valence-corrected chi connectivity index (χ1v) is 7.83. The molecule has 0 aliphatic heterocycles. The molecule has 1 aromatic heterocycles. The van der Waals surface area contributed by atoms with E-state index in [1.165, 1.54) is 5.56 Å². The molecule has 1 heterocycles. The van der Waals surface area contributed by atoms with E-state index in [4.69, 9.17) is 0 Å².